The summed E-state index contributed by atoms with van der Waals surface area (Å²) in [7, 11) is 3.94. The third kappa shape index (κ3) is 3.72. The van der Waals surface area contributed by atoms with Gasteiger partial charge in [-0.05, 0) is 31.5 Å². The van der Waals surface area contributed by atoms with E-state index in [9.17, 15) is 4.79 Å². The van der Waals surface area contributed by atoms with E-state index >= 15 is 0 Å². The van der Waals surface area contributed by atoms with Crippen LogP contribution in [0.2, 0.25) is 0 Å². The molecule has 0 aliphatic heterocycles. The first-order valence-corrected chi connectivity index (χ1v) is 7.36. The zero-order valence-electron chi connectivity index (χ0n) is 13.2. The number of benzene rings is 1. The molecule has 2 rings (SSSR count). The molecule has 1 unspecified atom stereocenters. The first-order chi connectivity index (χ1) is 10.0. The SMILES string of the molecule is CCC(C)n1ccc(CC(=O)c2cccc(N(C)C)c2)n1. The number of aromatic nitrogens is 2. The van der Waals surface area contributed by atoms with Gasteiger partial charge in [-0.25, -0.2) is 0 Å². The topological polar surface area (TPSA) is 38.1 Å². The van der Waals surface area contributed by atoms with E-state index in [0.29, 0.717) is 12.5 Å². The Bertz CT molecular complexity index is 616. The van der Waals surface area contributed by atoms with E-state index in [1.54, 1.807) is 0 Å². The van der Waals surface area contributed by atoms with Crippen molar-refractivity contribution in [3.8, 4) is 0 Å². The molecule has 4 nitrogen and oxygen atoms in total. The number of nitrogens with zero attached hydrogens (tertiary/aromatic N) is 3. The molecule has 1 aromatic heterocycles. The second-order valence-corrected chi connectivity index (χ2v) is 5.59. The van der Waals surface area contributed by atoms with Gasteiger partial charge in [0.2, 0.25) is 0 Å². The monoisotopic (exact) mass is 285 g/mol. The van der Waals surface area contributed by atoms with Gasteiger partial charge >= 0.3 is 0 Å². The van der Waals surface area contributed by atoms with Crippen LogP contribution < -0.4 is 4.90 Å². The van der Waals surface area contributed by atoms with Crippen LogP contribution in [0.1, 0.15) is 42.4 Å². The molecular weight excluding hydrogens is 262 g/mol. The van der Waals surface area contributed by atoms with Crippen molar-refractivity contribution in [1.82, 2.24) is 9.78 Å². The van der Waals surface area contributed by atoms with Crippen molar-refractivity contribution < 1.29 is 4.79 Å². The fourth-order valence-corrected chi connectivity index (χ4v) is 2.13. The van der Waals surface area contributed by atoms with Gasteiger partial charge in [0, 0.05) is 37.6 Å². The maximum Gasteiger partial charge on any atom is 0.168 e. The first-order valence-electron chi connectivity index (χ1n) is 7.36. The van der Waals surface area contributed by atoms with Crippen LogP contribution in [0.25, 0.3) is 0 Å². The summed E-state index contributed by atoms with van der Waals surface area (Å²) >= 11 is 0. The molecule has 21 heavy (non-hydrogen) atoms. The van der Waals surface area contributed by atoms with Crippen LogP contribution in [0.3, 0.4) is 0 Å². The third-order valence-electron chi connectivity index (χ3n) is 3.73. The highest BCUT2D eigenvalue weighted by Crippen LogP contribution is 2.16. The summed E-state index contributed by atoms with van der Waals surface area (Å²) in [6, 6.07) is 10.00. The lowest BCUT2D eigenvalue weighted by molar-refractivity contribution is 0.0991. The van der Waals surface area contributed by atoms with Gasteiger partial charge in [0.05, 0.1) is 12.1 Å². The number of anilines is 1. The molecule has 1 heterocycles. The number of ketones is 1. The van der Waals surface area contributed by atoms with Crippen LogP contribution in [-0.4, -0.2) is 29.7 Å². The summed E-state index contributed by atoms with van der Waals surface area (Å²) in [6.07, 6.45) is 3.33. The van der Waals surface area contributed by atoms with Crippen LogP contribution in [0.4, 0.5) is 5.69 Å². The molecule has 4 heteroatoms. The molecule has 2 aromatic rings. The van der Waals surface area contributed by atoms with Crippen molar-refractivity contribution in [1.29, 1.82) is 0 Å². The molecule has 112 valence electrons. The number of Topliss-reactive ketones (excluding diaryl/α,β-unsaturated/α-hetero) is 1. The minimum Gasteiger partial charge on any atom is -0.378 e. The summed E-state index contributed by atoms with van der Waals surface area (Å²) in [5.74, 6) is 0.105. The van der Waals surface area contributed by atoms with Gasteiger partial charge in [-0.3, -0.25) is 9.48 Å². The molecule has 0 fully saturated rings. The Labute approximate surface area is 126 Å². The van der Waals surface area contributed by atoms with Crippen molar-refractivity contribution in [2.45, 2.75) is 32.7 Å². The maximum absolute atomic E-state index is 12.4. The summed E-state index contributed by atoms with van der Waals surface area (Å²) in [5, 5.41) is 4.49. The highest BCUT2D eigenvalue weighted by Gasteiger charge is 2.11. The zero-order valence-corrected chi connectivity index (χ0v) is 13.2. The lowest BCUT2D eigenvalue weighted by Gasteiger charge is -2.13. The molecule has 0 saturated heterocycles. The number of carbonyl (C=O) groups is 1. The summed E-state index contributed by atoms with van der Waals surface area (Å²) < 4.78 is 1.93. The number of rotatable bonds is 6. The Balaban J connectivity index is 2.11. The predicted octanol–water partition coefficient (Wildman–Crippen LogP) is 3.35. The fraction of sp³-hybridized carbons (Fsp3) is 0.412. The second-order valence-electron chi connectivity index (χ2n) is 5.59. The normalized spacial score (nSPS) is 12.2. The molecule has 0 aliphatic rings. The number of hydrogen-bond donors (Lipinski definition) is 0. The Hall–Kier alpha value is -2.10. The van der Waals surface area contributed by atoms with E-state index in [-0.39, 0.29) is 5.78 Å². The minimum absolute atomic E-state index is 0.105. The smallest absolute Gasteiger partial charge is 0.168 e. The quantitative estimate of drug-likeness (QED) is 0.764. The maximum atomic E-state index is 12.4. The van der Waals surface area contributed by atoms with Gasteiger partial charge < -0.3 is 4.90 Å². The molecule has 0 radical (unpaired) electrons. The fourth-order valence-electron chi connectivity index (χ4n) is 2.13. The standard InChI is InChI=1S/C17H23N3O/c1-5-13(2)20-10-9-15(18-20)12-17(21)14-7-6-8-16(11-14)19(3)4/h6-11,13H,5,12H2,1-4H3. The second kappa shape index (κ2) is 6.57. The molecule has 1 aromatic carbocycles. The van der Waals surface area contributed by atoms with E-state index in [1.807, 2.05) is 60.2 Å². The van der Waals surface area contributed by atoms with Crippen LogP contribution >= 0.6 is 0 Å². The minimum atomic E-state index is 0.105. The lowest BCUT2D eigenvalue weighted by atomic mass is 10.1. The van der Waals surface area contributed by atoms with Gasteiger partial charge in [-0.1, -0.05) is 19.1 Å². The van der Waals surface area contributed by atoms with Gasteiger partial charge in [0.1, 0.15) is 0 Å². The number of carbonyl (C=O) groups excluding carboxylic acids is 1. The molecule has 0 saturated carbocycles. The summed E-state index contributed by atoms with van der Waals surface area (Å²) in [5.41, 5.74) is 2.60. The molecule has 0 N–H and O–H groups in total. The predicted molar refractivity (Wildman–Crippen MR) is 86.0 cm³/mol. The molecule has 0 amide bonds. The van der Waals surface area contributed by atoms with Gasteiger partial charge in [0.15, 0.2) is 5.78 Å². The van der Waals surface area contributed by atoms with Crippen LogP contribution in [0, 0.1) is 0 Å². The summed E-state index contributed by atoms with van der Waals surface area (Å²) in [4.78, 5) is 14.4. The van der Waals surface area contributed by atoms with Crippen molar-refractivity contribution in [3.63, 3.8) is 0 Å². The Morgan fingerprint density at radius 2 is 2.10 bits per heavy atom. The van der Waals surface area contributed by atoms with Crippen molar-refractivity contribution in [3.05, 3.63) is 47.8 Å². The van der Waals surface area contributed by atoms with Crippen LogP contribution in [-0.2, 0) is 6.42 Å². The van der Waals surface area contributed by atoms with Crippen LogP contribution in [0.5, 0.6) is 0 Å². The van der Waals surface area contributed by atoms with Crippen molar-refractivity contribution >= 4 is 11.5 Å². The van der Waals surface area contributed by atoms with Crippen molar-refractivity contribution in [2.24, 2.45) is 0 Å². The molecule has 1 atom stereocenters. The highest BCUT2D eigenvalue weighted by molar-refractivity contribution is 5.98. The summed E-state index contributed by atoms with van der Waals surface area (Å²) in [6.45, 7) is 4.25. The molecule has 0 aliphatic carbocycles. The van der Waals surface area contributed by atoms with E-state index in [1.165, 1.54) is 0 Å². The average Bonchev–Trinajstić information content (AvgIpc) is 2.95. The third-order valence-corrected chi connectivity index (χ3v) is 3.73. The Morgan fingerprint density at radius 3 is 2.76 bits per heavy atom. The van der Waals surface area contributed by atoms with Crippen LogP contribution in [0.15, 0.2) is 36.5 Å². The number of hydrogen-bond acceptors (Lipinski definition) is 3. The van der Waals surface area contributed by atoms with Gasteiger partial charge in [-0.2, -0.15) is 5.10 Å². The van der Waals surface area contributed by atoms with E-state index in [2.05, 4.69) is 18.9 Å². The van der Waals surface area contributed by atoms with Gasteiger partial charge in [-0.15, -0.1) is 0 Å². The lowest BCUT2D eigenvalue weighted by Crippen LogP contribution is -2.11. The Morgan fingerprint density at radius 1 is 1.33 bits per heavy atom. The van der Waals surface area contributed by atoms with Gasteiger partial charge in [0.25, 0.3) is 0 Å². The van der Waals surface area contributed by atoms with Crippen molar-refractivity contribution in [2.75, 3.05) is 19.0 Å². The van der Waals surface area contributed by atoms with E-state index < -0.39 is 0 Å². The molecule has 0 bridgehead atoms. The average molecular weight is 285 g/mol. The Kier molecular flexibility index (Phi) is 4.78. The first kappa shape index (κ1) is 15.3. The van der Waals surface area contributed by atoms with E-state index in [0.717, 1.165) is 23.4 Å². The zero-order chi connectivity index (χ0) is 15.4. The molecule has 0 spiro atoms. The van der Waals surface area contributed by atoms with E-state index in [4.69, 9.17) is 0 Å². The molecular formula is C17H23N3O. The highest BCUT2D eigenvalue weighted by atomic mass is 16.1. The largest absolute Gasteiger partial charge is 0.378 e.